The van der Waals surface area contributed by atoms with Crippen LogP contribution in [0.4, 0.5) is 0 Å². The first-order valence-electron chi connectivity index (χ1n) is 5.79. The molecular weight excluding hydrogens is 302 g/mol. The minimum atomic E-state index is -0.163. The van der Waals surface area contributed by atoms with Crippen LogP contribution in [-0.4, -0.2) is 24.4 Å². The van der Waals surface area contributed by atoms with Crippen LogP contribution in [0.1, 0.15) is 31.6 Å². The number of thiophene rings is 1. The third-order valence-corrected chi connectivity index (χ3v) is 5.13. The van der Waals surface area contributed by atoms with Crippen molar-refractivity contribution in [1.82, 2.24) is 5.32 Å². The van der Waals surface area contributed by atoms with Crippen LogP contribution in [0.2, 0.25) is 0 Å². The van der Waals surface area contributed by atoms with Crippen LogP contribution in [0, 0.1) is 0 Å². The fourth-order valence-electron chi connectivity index (χ4n) is 1.68. The van der Waals surface area contributed by atoms with Gasteiger partial charge in [0.05, 0.1) is 18.2 Å². The van der Waals surface area contributed by atoms with E-state index in [1.54, 1.807) is 18.4 Å². The Bertz CT molecular complexity index is 342. The summed E-state index contributed by atoms with van der Waals surface area (Å²) >= 11 is 5.08. The topological polar surface area (TPSA) is 41.5 Å². The third kappa shape index (κ3) is 3.68. The van der Waals surface area contributed by atoms with E-state index >= 15 is 0 Å². The number of aliphatic hydroxyl groups is 1. The van der Waals surface area contributed by atoms with E-state index in [1.807, 2.05) is 0 Å². The van der Waals surface area contributed by atoms with Gasteiger partial charge >= 0.3 is 0 Å². The summed E-state index contributed by atoms with van der Waals surface area (Å²) in [4.78, 5) is 1.20. The van der Waals surface area contributed by atoms with Gasteiger partial charge in [-0.2, -0.15) is 0 Å². The Kier molecular flexibility index (Phi) is 5.92. The molecule has 1 rings (SSSR count). The lowest BCUT2D eigenvalue weighted by molar-refractivity contribution is 0.150. The van der Waals surface area contributed by atoms with Crippen molar-refractivity contribution in [3.05, 3.63) is 15.4 Å². The molecule has 17 heavy (non-hydrogen) atoms. The highest BCUT2D eigenvalue weighted by Crippen LogP contribution is 2.34. The summed E-state index contributed by atoms with van der Waals surface area (Å²) in [5.74, 6) is 0. The first-order chi connectivity index (χ1) is 8.10. The molecule has 0 saturated carbocycles. The zero-order valence-corrected chi connectivity index (χ0v) is 12.9. The van der Waals surface area contributed by atoms with Crippen molar-refractivity contribution in [3.63, 3.8) is 0 Å². The standard InChI is InChI=1S/C12H20BrNO2S/c1-4-12(5-2,8-15)14-7-9-6-10(13)11(16-3)17-9/h6,14-15H,4-5,7-8H2,1-3H3. The van der Waals surface area contributed by atoms with Gasteiger partial charge in [0.25, 0.3) is 0 Å². The summed E-state index contributed by atoms with van der Waals surface area (Å²) in [7, 11) is 1.67. The van der Waals surface area contributed by atoms with Gasteiger partial charge in [-0.15, -0.1) is 11.3 Å². The maximum atomic E-state index is 9.47. The Morgan fingerprint density at radius 1 is 1.47 bits per heavy atom. The van der Waals surface area contributed by atoms with Crippen LogP contribution < -0.4 is 10.1 Å². The van der Waals surface area contributed by atoms with Crippen LogP contribution in [0.15, 0.2) is 10.5 Å². The molecule has 0 radical (unpaired) electrons. The molecule has 1 aromatic heterocycles. The summed E-state index contributed by atoms with van der Waals surface area (Å²) in [6.45, 7) is 5.12. The summed E-state index contributed by atoms with van der Waals surface area (Å²) in [5.41, 5.74) is -0.163. The molecule has 0 spiro atoms. The van der Waals surface area contributed by atoms with E-state index in [2.05, 4.69) is 41.2 Å². The molecule has 0 unspecified atom stereocenters. The Hall–Kier alpha value is -0.100. The van der Waals surface area contributed by atoms with Gasteiger partial charge in [0, 0.05) is 17.0 Å². The molecule has 0 aliphatic carbocycles. The zero-order valence-electron chi connectivity index (χ0n) is 10.5. The molecule has 3 nitrogen and oxygen atoms in total. The van der Waals surface area contributed by atoms with Gasteiger partial charge in [-0.3, -0.25) is 0 Å². The molecule has 0 fully saturated rings. The van der Waals surface area contributed by atoms with Crippen LogP contribution in [-0.2, 0) is 6.54 Å². The number of methoxy groups -OCH3 is 1. The van der Waals surface area contributed by atoms with Crippen LogP contribution >= 0.6 is 27.3 Å². The lowest BCUT2D eigenvalue weighted by Crippen LogP contribution is -2.46. The smallest absolute Gasteiger partial charge is 0.188 e. The van der Waals surface area contributed by atoms with Crippen molar-refractivity contribution in [2.75, 3.05) is 13.7 Å². The van der Waals surface area contributed by atoms with E-state index in [0.717, 1.165) is 28.9 Å². The van der Waals surface area contributed by atoms with Gasteiger partial charge in [-0.25, -0.2) is 0 Å². The van der Waals surface area contributed by atoms with Gasteiger partial charge in [0.1, 0.15) is 0 Å². The normalized spacial score (nSPS) is 11.8. The monoisotopic (exact) mass is 321 g/mol. The van der Waals surface area contributed by atoms with Crippen LogP contribution in [0.25, 0.3) is 0 Å². The van der Waals surface area contributed by atoms with Crippen molar-refractivity contribution in [3.8, 4) is 5.06 Å². The van der Waals surface area contributed by atoms with E-state index in [1.165, 1.54) is 4.88 Å². The highest BCUT2D eigenvalue weighted by Gasteiger charge is 2.24. The predicted molar refractivity (Wildman–Crippen MR) is 75.8 cm³/mol. The average Bonchev–Trinajstić information content (AvgIpc) is 2.72. The summed E-state index contributed by atoms with van der Waals surface area (Å²) in [6, 6.07) is 2.06. The highest BCUT2D eigenvalue weighted by atomic mass is 79.9. The van der Waals surface area contributed by atoms with E-state index in [9.17, 15) is 5.11 Å². The van der Waals surface area contributed by atoms with Gasteiger partial charge < -0.3 is 15.2 Å². The number of nitrogens with one attached hydrogen (secondary N) is 1. The molecule has 0 saturated heterocycles. The number of aliphatic hydroxyl groups excluding tert-OH is 1. The van der Waals surface area contributed by atoms with Gasteiger partial charge in [0.2, 0.25) is 0 Å². The van der Waals surface area contributed by atoms with Crippen molar-refractivity contribution < 1.29 is 9.84 Å². The Balaban J connectivity index is 2.65. The first kappa shape index (κ1) is 15.0. The third-order valence-electron chi connectivity index (χ3n) is 3.19. The van der Waals surface area contributed by atoms with E-state index in [-0.39, 0.29) is 12.1 Å². The van der Waals surface area contributed by atoms with E-state index in [4.69, 9.17) is 4.74 Å². The van der Waals surface area contributed by atoms with Crippen molar-refractivity contribution in [1.29, 1.82) is 0 Å². The highest BCUT2D eigenvalue weighted by molar-refractivity contribution is 9.10. The number of rotatable bonds is 7. The average molecular weight is 322 g/mol. The fraction of sp³-hybridized carbons (Fsp3) is 0.667. The maximum Gasteiger partial charge on any atom is 0.188 e. The molecule has 98 valence electrons. The molecule has 1 heterocycles. The second-order valence-electron chi connectivity index (χ2n) is 4.05. The molecular formula is C12H20BrNO2S. The molecule has 0 amide bonds. The Morgan fingerprint density at radius 2 is 2.12 bits per heavy atom. The number of hydrogen-bond donors (Lipinski definition) is 2. The van der Waals surface area contributed by atoms with E-state index < -0.39 is 0 Å². The summed E-state index contributed by atoms with van der Waals surface area (Å²) in [5, 5.41) is 13.8. The summed E-state index contributed by atoms with van der Waals surface area (Å²) < 4.78 is 6.22. The first-order valence-corrected chi connectivity index (χ1v) is 7.39. The SMILES string of the molecule is CCC(CC)(CO)NCc1cc(Br)c(OC)s1. The van der Waals surface area contributed by atoms with Crippen LogP contribution in [0.5, 0.6) is 5.06 Å². The Labute approximate surface area is 115 Å². The van der Waals surface area contributed by atoms with Gasteiger partial charge in [-0.05, 0) is 34.8 Å². The van der Waals surface area contributed by atoms with Crippen molar-refractivity contribution >= 4 is 27.3 Å². The lowest BCUT2D eigenvalue weighted by Gasteiger charge is -2.30. The molecule has 5 heteroatoms. The quantitative estimate of drug-likeness (QED) is 0.810. The van der Waals surface area contributed by atoms with Gasteiger partial charge in [-0.1, -0.05) is 13.8 Å². The number of hydrogen-bond acceptors (Lipinski definition) is 4. The van der Waals surface area contributed by atoms with Crippen molar-refractivity contribution in [2.24, 2.45) is 0 Å². The second kappa shape index (κ2) is 6.73. The zero-order chi connectivity index (χ0) is 12.9. The van der Waals surface area contributed by atoms with E-state index in [0.29, 0.717) is 0 Å². The van der Waals surface area contributed by atoms with Gasteiger partial charge in [0.15, 0.2) is 5.06 Å². The number of halogens is 1. The minimum Gasteiger partial charge on any atom is -0.486 e. The second-order valence-corrected chi connectivity index (χ2v) is 6.00. The molecule has 0 bridgehead atoms. The molecule has 0 aliphatic heterocycles. The molecule has 0 atom stereocenters. The molecule has 2 N–H and O–H groups in total. The fourth-order valence-corrected chi connectivity index (χ4v) is 3.31. The molecule has 0 aromatic carbocycles. The predicted octanol–water partition coefficient (Wildman–Crippen LogP) is 3.16. The Morgan fingerprint density at radius 3 is 2.53 bits per heavy atom. The largest absolute Gasteiger partial charge is 0.486 e. The maximum absolute atomic E-state index is 9.47. The summed E-state index contributed by atoms with van der Waals surface area (Å²) in [6.07, 6.45) is 1.84. The van der Waals surface area contributed by atoms with Crippen molar-refractivity contribution in [2.45, 2.75) is 38.8 Å². The lowest BCUT2D eigenvalue weighted by atomic mass is 9.94. The minimum absolute atomic E-state index is 0.163. The number of ether oxygens (including phenoxy) is 1. The molecule has 0 aliphatic rings. The molecule has 1 aromatic rings. The van der Waals surface area contributed by atoms with Crippen LogP contribution in [0.3, 0.4) is 0 Å².